The van der Waals surface area contributed by atoms with Crippen LogP contribution in [0.5, 0.6) is 0 Å². The zero-order valence-electron chi connectivity index (χ0n) is 17.9. The fourth-order valence-electron chi connectivity index (χ4n) is 3.58. The van der Waals surface area contributed by atoms with Crippen LogP contribution < -0.4 is 5.32 Å². The molecule has 168 valence electrons. The van der Waals surface area contributed by atoms with Crippen molar-refractivity contribution >= 4 is 17.8 Å². The fraction of sp³-hybridized carbons (Fsp3) is 0.750. The quantitative estimate of drug-likeness (QED) is 0.802. The van der Waals surface area contributed by atoms with E-state index in [1.165, 1.54) is 0 Å². The van der Waals surface area contributed by atoms with Gasteiger partial charge in [0.15, 0.2) is 5.82 Å². The van der Waals surface area contributed by atoms with Gasteiger partial charge < -0.3 is 14.3 Å². The Hall–Kier alpha value is -2.23. The van der Waals surface area contributed by atoms with Crippen LogP contribution in [0.3, 0.4) is 0 Å². The molecule has 0 aliphatic carbocycles. The first kappa shape index (κ1) is 22.5. The summed E-state index contributed by atoms with van der Waals surface area (Å²) in [5.41, 5.74) is -0.205. The van der Waals surface area contributed by atoms with Crippen molar-refractivity contribution in [1.29, 1.82) is 0 Å². The molecule has 1 aromatic rings. The molecule has 0 unspecified atom stereocenters. The number of halogens is 2. The Morgan fingerprint density at radius 2 is 1.73 bits per heavy atom. The third-order valence-corrected chi connectivity index (χ3v) is 5.57. The number of urea groups is 1. The first-order chi connectivity index (χ1) is 14.0. The number of aromatic nitrogens is 1. The second kappa shape index (κ2) is 8.87. The Kier molecular flexibility index (Phi) is 6.64. The Morgan fingerprint density at radius 3 is 2.37 bits per heavy atom. The molecule has 8 nitrogen and oxygen atoms in total. The standard InChI is InChI=1S/C20H31F2N5O3/c1-19(2,3)15-13-16(24-30-15)23-18(29)27-8-4-7-26(11-12-27)17(28)14-25-9-5-20(21,22)6-10-25/h13H,4-12,14H2,1-3H3,(H,23,24,29). The van der Waals surface area contributed by atoms with Gasteiger partial charge in [0, 0.05) is 63.6 Å². The highest BCUT2D eigenvalue weighted by Crippen LogP contribution is 2.27. The van der Waals surface area contributed by atoms with Gasteiger partial charge in [0.1, 0.15) is 5.76 Å². The lowest BCUT2D eigenvalue weighted by Crippen LogP contribution is -2.46. The molecule has 3 heterocycles. The average molecular weight is 427 g/mol. The number of likely N-dealkylation sites (tertiary alicyclic amines) is 1. The Balaban J connectivity index is 1.47. The molecular formula is C20H31F2N5O3. The summed E-state index contributed by atoms with van der Waals surface area (Å²) < 4.78 is 31.9. The van der Waals surface area contributed by atoms with Crippen molar-refractivity contribution in [2.75, 3.05) is 51.1 Å². The molecule has 0 spiro atoms. The molecule has 0 radical (unpaired) electrons. The molecule has 1 N–H and O–H groups in total. The summed E-state index contributed by atoms with van der Waals surface area (Å²) in [6, 6.07) is 1.43. The van der Waals surface area contributed by atoms with Gasteiger partial charge in [-0.2, -0.15) is 0 Å². The number of piperidine rings is 1. The molecule has 3 amide bonds. The summed E-state index contributed by atoms with van der Waals surface area (Å²) in [7, 11) is 0. The Labute approximate surface area is 175 Å². The number of carbonyl (C=O) groups excluding carboxylic acids is 2. The van der Waals surface area contributed by atoms with Gasteiger partial charge in [-0.3, -0.25) is 15.0 Å². The van der Waals surface area contributed by atoms with Crippen molar-refractivity contribution in [2.24, 2.45) is 0 Å². The van der Waals surface area contributed by atoms with Crippen molar-refractivity contribution in [3.8, 4) is 0 Å². The van der Waals surface area contributed by atoms with Crippen LogP contribution in [-0.2, 0) is 10.2 Å². The number of anilines is 1. The minimum absolute atomic E-state index is 0.0752. The van der Waals surface area contributed by atoms with Crippen molar-refractivity contribution < 1.29 is 22.9 Å². The maximum atomic E-state index is 13.3. The number of amides is 3. The van der Waals surface area contributed by atoms with Gasteiger partial charge in [-0.05, 0) is 6.42 Å². The largest absolute Gasteiger partial charge is 0.359 e. The molecule has 2 fully saturated rings. The lowest BCUT2D eigenvalue weighted by atomic mass is 9.93. The normalized spacial score (nSPS) is 20.7. The lowest BCUT2D eigenvalue weighted by molar-refractivity contribution is -0.134. The van der Waals surface area contributed by atoms with Crippen molar-refractivity contribution in [1.82, 2.24) is 19.9 Å². The van der Waals surface area contributed by atoms with Crippen molar-refractivity contribution in [2.45, 2.75) is 51.4 Å². The highest BCUT2D eigenvalue weighted by molar-refractivity contribution is 5.88. The minimum atomic E-state index is -2.62. The molecule has 0 bridgehead atoms. The molecular weight excluding hydrogens is 396 g/mol. The van der Waals surface area contributed by atoms with Crippen LogP contribution in [0, 0.1) is 0 Å². The first-order valence-corrected chi connectivity index (χ1v) is 10.4. The average Bonchev–Trinajstić information content (AvgIpc) is 2.99. The van der Waals surface area contributed by atoms with E-state index in [1.54, 1.807) is 20.8 Å². The molecule has 0 saturated carbocycles. The van der Waals surface area contributed by atoms with Crippen LogP contribution in [0.15, 0.2) is 10.6 Å². The third-order valence-electron chi connectivity index (χ3n) is 5.57. The maximum Gasteiger partial charge on any atom is 0.323 e. The van der Waals surface area contributed by atoms with Crippen LogP contribution in [0.1, 0.15) is 45.8 Å². The van der Waals surface area contributed by atoms with Crippen LogP contribution in [0.4, 0.5) is 19.4 Å². The molecule has 2 aliphatic heterocycles. The van der Waals surface area contributed by atoms with E-state index in [4.69, 9.17) is 4.52 Å². The van der Waals surface area contributed by atoms with Gasteiger partial charge in [-0.15, -0.1) is 0 Å². The third kappa shape index (κ3) is 5.90. The van der Waals surface area contributed by atoms with Crippen LogP contribution >= 0.6 is 0 Å². The smallest absolute Gasteiger partial charge is 0.323 e. The molecule has 0 atom stereocenters. The summed E-state index contributed by atoms with van der Waals surface area (Å²) in [6.07, 6.45) is 0.254. The predicted molar refractivity (Wildman–Crippen MR) is 108 cm³/mol. The second-order valence-corrected chi connectivity index (χ2v) is 9.11. The predicted octanol–water partition coefficient (Wildman–Crippen LogP) is 2.77. The summed E-state index contributed by atoms with van der Waals surface area (Å²) in [6.45, 7) is 8.49. The van der Waals surface area contributed by atoms with Crippen LogP contribution in [-0.4, -0.2) is 83.5 Å². The van der Waals surface area contributed by atoms with E-state index in [-0.39, 0.29) is 49.8 Å². The number of nitrogens with one attached hydrogen (secondary N) is 1. The number of nitrogens with zero attached hydrogens (tertiary/aromatic N) is 4. The number of hydrogen-bond acceptors (Lipinski definition) is 5. The Morgan fingerprint density at radius 1 is 1.10 bits per heavy atom. The topological polar surface area (TPSA) is 81.9 Å². The monoisotopic (exact) mass is 427 g/mol. The molecule has 2 aliphatic rings. The van der Waals surface area contributed by atoms with Gasteiger partial charge in [0.2, 0.25) is 5.91 Å². The van der Waals surface area contributed by atoms with E-state index in [0.717, 1.165) is 0 Å². The lowest BCUT2D eigenvalue weighted by Gasteiger charge is -2.32. The highest BCUT2D eigenvalue weighted by atomic mass is 19.3. The van der Waals surface area contributed by atoms with E-state index in [9.17, 15) is 18.4 Å². The molecule has 0 aromatic carbocycles. The zero-order valence-corrected chi connectivity index (χ0v) is 17.9. The maximum absolute atomic E-state index is 13.3. The first-order valence-electron chi connectivity index (χ1n) is 10.4. The summed E-state index contributed by atoms with van der Waals surface area (Å²) >= 11 is 0. The van der Waals surface area contributed by atoms with Gasteiger partial charge >= 0.3 is 6.03 Å². The zero-order chi connectivity index (χ0) is 21.9. The van der Waals surface area contributed by atoms with E-state index in [0.29, 0.717) is 44.2 Å². The summed E-state index contributed by atoms with van der Waals surface area (Å²) in [5.74, 6) is -1.65. The van der Waals surface area contributed by atoms with Crippen LogP contribution in [0.25, 0.3) is 0 Å². The summed E-state index contributed by atoms with van der Waals surface area (Å²) in [4.78, 5) is 30.3. The number of carbonyl (C=O) groups is 2. The number of alkyl halides is 2. The Bertz CT molecular complexity index is 752. The fourth-order valence-corrected chi connectivity index (χ4v) is 3.58. The van der Waals surface area contributed by atoms with E-state index in [1.807, 2.05) is 20.8 Å². The van der Waals surface area contributed by atoms with E-state index in [2.05, 4.69) is 10.5 Å². The van der Waals surface area contributed by atoms with Gasteiger partial charge in [-0.1, -0.05) is 25.9 Å². The number of hydrogen-bond donors (Lipinski definition) is 1. The van der Waals surface area contributed by atoms with Crippen LogP contribution in [0.2, 0.25) is 0 Å². The van der Waals surface area contributed by atoms with E-state index >= 15 is 0 Å². The number of rotatable bonds is 3. The van der Waals surface area contributed by atoms with E-state index < -0.39 is 5.92 Å². The van der Waals surface area contributed by atoms with Gasteiger partial charge in [-0.25, -0.2) is 13.6 Å². The molecule has 1 aromatic heterocycles. The SMILES string of the molecule is CC(C)(C)c1cc(NC(=O)N2CCCN(C(=O)CN3CCC(F)(F)CC3)CC2)no1. The molecule has 30 heavy (non-hydrogen) atoms. The van der Waals surface area contributed by atoms with Gasteiger partial charge in [0.05, 0.1) is 6.54 Å². The molecule has 2 saturated heterocycles. The van der Waals surface area contributed by atoms with Crippen molar-refractivity contribution in [3.63, 3.8) is 0 Å². The minimum Gasteiger partial charge on any atom is -0.359 e. The second-order valence-electron chi connectivity index (χ2n) is 9.11. The highest BCUT2D eigenvalue weighted by Gasteiger charge is 2.35. The molecule has 3 rings (SSSR count). The molecule has 10 heteroatoms. The summed E-state index contributed by atoms with van der Waals surface area (Å²) in [5, 5.41) is 6.65. The van der Waals surface area contributed by atoms with Gasteiger partial charge in [0.25, 0.3) is 5.92 Å². The van der Waals surface area contributed by atoms with Crippen molar-refractivity contribution in [3.05, 3.63) is 11.8 Å².